The van der Waals surface area contributed by atoms with E-state index in [1.165, 1.54) is 11.1 Å². The van der Waals surface area contributed by atoms with Crippen LogP contribution in [-0.4, -0.2) is 23.9 Å². The van der Waals surface area contributed by atoms with Crippen molar-refractivity contribution in [2.75, 3.05) is 7.05 Å². The predicted molar refractivity (Wildman–Crippen MR) is 75.2 cm³/mol. The van der Waals surface area contributed by atoms with E-state index in [1.807, 2.05) is 0 Å². The summed E-state index contributed by atoms with van der Waals surface area (Å²) in [6.45, 7) is 8.31. The quantitative estimate of drug-likeness (QED) is 0.809. The van der Waals surface area contributed by atoms with Crippen LogP contribution in [0.4, 0.5) is 0 Å². The fraction of sp³-hybridized carbons (Fsp3) is 0.400. The lowest BCUT2D eigenvalue weighted by atomic mass is 10.1. The van der Waals surface area contributed by atoms with Crippen LogP contribution < -0.4 is 5.73 Å². The molecule has 0 fully saturated rings. The molecule has 0 aliphatic rings. The number of aryl methyl sites for hydroxylation is 2. The largest absolute Gasteiger partial charge is 0.340 e. The molecule has 0 aliphatic heterocycles. The summed E-state index contributed by atoms with van der Waals surface area (Å²) in [7, 11) is 1.78. The summed E-state index contributed by atoms with van der Waals surface area (Å²) >= 11 is 0. The number of nitrogens with zero attached hydrogens (tertiary/aromatic N) is 1. The van der Waals surface area contributed by atoms with Crippen LogP contribution in [0.2, 0.25) is 0 Å². The molecule has 1 aromatic rings. The predicted octanol–water partition coefficient (Wildman–Crippen LogP) is 2.17. The van der Waals surface area contributed by atoms with Crippen LogP contribution in [0.3, 0.4) is 0 Å². The number of likely N-dealkylation sites (N-methyl/N-ethyl adjacent to an activating group) is 1. The molecule has 0 radical (unpaired) electrons. The highest BCUT2D eigenvalue weighted by molar-refractivity contribution is 5.81. The number of carbonyl (C=O) groups is 1. The van der Waals surface area contributed by atoms with Gasteiger partial charge in [-0.25, -0.2) is 0 Å². The van der Waals surface area contributed by atoms with Gasteiger partial charge in [-0.3, -0.25) is 4.79 Å². The fourth-order valence-corrected chi connectivity index (χ4v) is 1.92. The minimum atomic E-state index is -0.488. The van der Waals surface area contributed by atoms with Gasteiger partial charge >= 0.3 is 0 Å². The van der Waals surface area contributed by atoms with E-state index in [4.69, 9.17) is 5.73 Å². The molecule has 3 heteroatoms. The maximum absolute atomic E-state index is 12.0. The van der Waals surface area contributed by atoms with E-state index in [-0.39, 0.29) is 5.91 Å². The van der Waals surface area contributed by atoms with E-state index >= 15 is 0 Å². The zero-order chi connectivity index (χ0) is 13.7. The Morgan fingerprint density at radius 1 is 1.50 bits per heavy atom. The van der Waals surface area contributed by atoms with Crippen LogP contribution in [0, 0.1) is 13.8 Å². The van der Waals surface area contributed by atoms with Crippen molar-refractivity contribution in [2.24, 2.45) is 5.73 Å². The van der Waals surface area contributed by atoms with Gasteiger partial charge < -0.3 is 10.6 Å². The number of carbonyl (C=O) groups excluding carboxylic acids is 1. The van der Waals surface area contributed by atoms with E-state index in [9.17, 15) is 4.79 Å². The zero-order valence-electron chi connectivity index (χ0n) is 11.4. The Labute approximate surface area is 109 Å². The monoisotopic (exact) mass is 246 g/mol. The summed E-state index contributed by atoms with van der Waals surface area (Å²) < 4.78 is 0. The molecule has 0 bridgehead atoms. The average molecular weight is 246 g/mol. The Morgan fingerprint density at radius 2 is 2.17 bits per heavy atom. The third-order valence-corrected chi connectivity index (χ3v) is 3.02. The number of hydrogen-bond donors (Lipinski definition) is 1. The second-order valence-electron chi connectivity index (χ2n) is 4.76. The van der Waals surface area contributed by atoms with Crippen LogP contribution in [0.5, 0.6) is 0 Å². The lowest BCUT2D eigenvalue weighted by Gasteiger charge is -2.21. The van der Waals surface area contributed by atoms with Gasteiger partial charge in [-0.1, -0.05) is 29.8 Å². The van der Waals surface area contributed by atoms with Gasteiger partial charge in [0.2, 0.25) is 5.91 Å². The van der Waals surface area contributed by atoms with E-state index in [2.05, 4.69) is 38.6 Å². The molecule has 1 unspecified atom stereocenters. The first kappa shape index (κ1) is 14.5. The van der Waals surface area contributed by atoms with E-state index in [1.54, 1.807) is 18.0 Å². The molecule has 0 aliphatic carbocycles. The van der Waals surface area contributed by atoms with Crippen LogP contribution >= 0.6 is 0 Å². The van der Waals surface area contributed by atoms with Gasteiger partial charge in [0.15, 0.2) is 0 Å². The maximum atomic E-state index is 12.0. The second-order valence-corrected chi connectivity index (χ2v) is 4.76. The molecule has 1 aromatic carbocycles. The van der Waals surface area contributed by atoms with E-state index in [0.29, 0.717) is 13.0 Å². The molecule has 1 rings (SSSR count). The van der Waals surface area contributed by atoms with Crippen molar-refractivity contribution in [2.45, 2.75) is 32.9 Å². The first-order chi connectivity index (χ1) is 8.45. The summed E-state index contributed by atoms with van der Waals surface area (Å²) in [5, 5.41) is 0. The lowest BCUT2D eigenvalue weighted by molar-refractivity contribution is -0.131. The van der Waals surface area contributed by atoms with Crippen molar-refractivity contribution in [3.05, 3.63) is 47.5 Å². The maximum Gasteiger partial charge on any atom is 0.239 e. The highest BCUT2D eigenvalue weighted by Gasteiger charge is 2.17. The molecule has 0 spiro atoms. The summed E-state index contributed by atoms with van der Waals surface area (Å²) in [5.41, 5.74) is 9.37. The summed E-state index contributed by atoms with van der Waals surface area (Å²) in [5.74, 6) is -0.0464. The number of hydrogen-bond acceptors (Lipinski definition) is 2. The van der Waals surface area contributed by atoms with Crippen LogP contribution in [0.1, 0.15) is 23.1 Å². The van der Waals surface area contributed by atoms with E-state index < -0.39 is 6.04 Å². The second kappa shape index (κ2) is 6.36. The fourth-order valence-electron chi connectivity index (χ4n) is 1.92. The van der Waals surface area contributed by atoms with Crippen LogP contribution in [0.25, 0.3) is 0 Å². The molecule has 18 heavy (non-hydrogen) atoms. The average Bonchev–Trinajstić information content (AvgIpc) is 2.32. The standard InChI is InChI=1S/C15H22N2O/c1-5-6-14(16)15(18)17(4)10-13-8-7-11(2)9-12(13)3/h5,7-9,14H,1,6,10,16H2,2-4H3. The van der Waals surface area contributed by atoms with Crippen molar-refractivity contribution in [1.29, 1.82) is 0 Å². The summed E-state index contributed by atoms with van der Waals surface area (Å²) in [6, 6.07) is 5.76. The minimum absolute atomic E-state index is 0.0464. The Kier molecular flexibility index (Phi) is 5.10. The third kappa shape index (κ3) is 3.70. The molecule has 1 atom stereocenters. The minimum Gasteiger partial charge on any atom is -0.340 e. The van der Waals surface area contributed by atoms with Gasteiger partial charge in [0.05, 0.1) is 6.04 Å². The van der Waals surface area contributed by atoms with Crippen LogP contribution in [-0.2, 0) is 11.3 Å². The SMILES string of the molecule is C=CCC(N)C(=O)N(C)Cc1ccc(C)cc1C. The third-order valence-electron chi connectivity index (χ3n) is 3.02. The Balaban J connectivity index is 2.72. The molecule has 0 saturated carbocycles. The van der Waals surface area contributed by atoms with Crippen molar-refractivity contribution < 1.29 is 4.79 Å². The van der Waals surface area contributed by atoms with Gasteiger partial charge in [-0.2, -0.15) is 0 Å². The van der Waals surface area contributed by atoms with Gasteiger partial charge in [0, 0.05) is 13.6 Å². The van der Waals surface area contributed by atoms with Crippen LogP contribution in [0.15, 0.2) is 30.9 Å². The van der Waals surface area contributed by atoms with Crippen molar-refractivity contribution >= 4 is 5.91 Å². The number of rotatable bonds is 5. The smallest absolute Gasteiger partial charge is 0.239 e. The van der Waals surface area contributed by atoms with Crippen molar-refractivity contribution in [1.82, 2.24) is 4.90 Å². The van der Waals surface area contributed by atoms with Gasteiger partial charge in [-0.15, -0.1) is 6.58 Å². The first-order valence-corrected chi connectivity index (χ1v) is 6.13. The molecular weight excluding hydrogens is 224 g/mol. The van der Waals surface area contributed by atoms with Gasteiger partial charge in [-0.05, 0) is 31.4 Å². The molecule has 0 heterocycles. The Bertz CT molecular complexity index is 440. The molecule has 0 saturated heterocycles. The van der Waals surface area contributed by atoms with Crippen molar-refractivity contribution in [3.8, 4) is 0 Å². The topological polar surface area (TPSA) is 46.3 Å². The Hall–Kier alpha value is -1.61. The highest BCUT2D eigenvalue weighted by atomic mass is 16.2. The molecule has 3 nitrogen and oxygen atoms in total. The number of benzene rings is 1. The summed E-state index contributed by atoms with van der Waals surface area (Å²) in [6.07, 6.45) is 2.18. The molecular formula is C15H22N2O. The first-order valence-electron chi connectivity index (χ1n) is 6.13. The lowest BCUT2D eigenvalue weighted by Crippen LogP contribution is -2.41. The van der Waals surface area contributed by atoms with Crippen molar-refractivity contribution in [3.63, 3.8) is 0 Å². The summed E-state index contributed by atoms with van der Waals surface area (Å²) in [4.78, 5) is 13.6. The molecule has 0 aromatic heterocycles. The molecule has 2 N–H and O–H groups in total. The highest BCUT2D eigenvalue weighted by Crippen LogP contribution is 2.13. The zero-order valence-corrected chi connectivity index (χ0v) is 11.4. The number of nitrogens with two attached hydrogens (primary N) is 1. The normalized spacial score (nSPS) is 12.0. The number of amides is 1. The van der Waals surface area contributed by atoms with E-state index in [0.717, 1.165) is 5.56 Å². The molecule has 1 amide bonds. The Morgan fingerprint density at radius 3 is 2.72 bits per heavy atom. The van der Waals surface area contributed by atoms with Gasteiger partial charge in [0.25, 0.3) is 0 Å². The van der Waals surface area contributed by atoms with Gasteiger partial charge in [0.1, 0.15) is 0 Å². The molecule has 98 valence electrons.